The van der Waals surface area contributed by atoms with Crippen LogP contribution in [0.4, 0.5) is 4.79 Å². The van der Waals surface area contributed by atoms with E-state index in [1.165, 1.54) is 7.11 Å². The standard InChI is InChI=1S/C4H4Cl3NO2/c1-10-3(9)8-2-4(5,6)7/h2H,1H3. The summed E-state index contributed by atoms with van der Waals surface area (Å²) in [5, 5.41) is 0. The number of alkyl halides is 3. The first-order valence-electron chi connectivity index (χ1n) is 2.15. The predicted molar refractivity (Wildman–Crippen MR) is 41.2 cm³/mol. The Morgan fingerprint density at radius 2 is 2.10 bits per heavy atom. The maximum Gasteiger partial charge on any atom is 0.433 e. The zero-order chi connectivity index (χ0) is 8.20. The van der Waals surface area contributed by atoms with Crippen molar-refractivity contribution < 1.29 is 9.53 Å². The Kier molecular flexibility index (Phi) is 4.01. The molecule has 0 unspecified atom stereocenters. The number of hydrogen-bond donors (Lipinski definition) is 0. The van der Waals surface area contributed by atoms with Gasteiger partial charge >= 0.3 is 6.09 Å². The zero-order valence-electron chi connectivity index (χ0n) is 4.97. The smallest absolute Gasteiger partial charge is 0.433 e. The SMILES string of the molecule is COC(=O)N=CC(Cl)(Cl)Cl. The van der Waals surface area contributed by atoms with Gasteiger partial charge < -0.3 is 4.74 Å². The highest BCUT2D eigenvalue weighted by Crippen LogP contribution is 2.22. The van der Waals surface area contributed by atoms with Gasteiger partial charge in [-0.25, -0.2) is 4.79 Å². The van der Waals surface area contributed by atoms with Crippen LogP contribution in [0.25, 0.3) is 0 Å². The summed E-state index contributed by atoms with van der Waals surface area (Å²) in [6, 6.07) is 0. The summed E-state index contributed by atoms with van der Waals surface area (Å²) >= 11 is 15.6. The van der Waals surface area contributed by atoms with Gasteiger partial charge in [-0.2, -0.15) is 4.99 Å². The lowest BCUT2D eigenvalue weighted by Gasteiger charge is -1.99. The monoisotopic (exact) mass is 203 g/mol. The third-order valence-electron chi connectivity index (χ3n) is 0.491. The van der Waals surface area contributed by atoms with Crippen molar-refractivity contribution in [1.82, 2.24) is 0 Å². The van der Waals surface area contributed by atoms with Crippen LogP contribution in [0.3, 0.4) is 0 Å². The van der Waals surface area contributed by atoms with E-state index in [-0.39, 0.29) is 0 Å². The summed E-state index contributed by atoms with van der Waals surface area (Å²) in [4.78, 5) is 13.4. The average molecular weight is 204 g/mol. The van der Waals surface area contributed by atoms with Crippen LogP contribution in [0.15, 0.2) is 4.99 Å². The molecule has 6 heteroatoms. The lowest BCUT2D eigenvalue weighted by atomic mass is 10.8. The fraction of sp³-hybridized carbons (Fsp3) is 0.500. The second-order valence-corrected chi connectivity index (χ2v) is 3.64. The van der Waals surface area contributed by atoms with Crippen LogP contribution in [-0.2, 0) is 4.74 Å². The third-order valence-corrected chi connectivity index (χ3v) is 0.784. The van der Waals surface area contributed by atoms with Crippen LogP contribution in [0, 0.1) is 0 Å². The molecule has 3 nitrogen and oxygen atoms in total. The van der Waals surface area contributed by atoms with Crippen LogP contribution in [0.2, 0.25) is 0 Å². The van der Waals surface area contributed by atoms with Crippen molar-refractivity contribution in [2.24, 2.45) is 4.99 Å². The summed E-state index contributed by atoms with van der Waals surface area (Å²) in [6.45, 7) is 0. The van der Waals surface area contributed by atoms with E-state index in [1.807, 2.05) is 0 Å². The molecule has 0 aromatic rings. The lowest BCUT2D eigenvalue weighted by molar-refractivity contribution is 0.182. The van der Waals surface area contributed by atoms with Gasteiger partial charge in [0.15, 0.2) is 0 Å². The minimum absolute atomic E-state index is 0.800. The second-order valence-electron chi connectivity index (χ2n) is 1.27. The molecule has 0 aliphatic heterocycles. The molecule has 0 spiro atoms. The van der Waals surface area contributed by atoms with E-state index in [1.54, 1.807) is 0 Å². The number of rotatable bonds is 0. The molecule has 0 aromatic heterocycles. The van der Waals surface area contributed by atoms with Gasteiger partial charge in [-0.1, -0.05) is 34.8 Å². The van der Waals surface area contributed by atoms with Crippen molar-refractivity contribution in [3.8, 4) is 0 Å². The predicted octanol–water partition coefficient (Wildman–Crippen LogP) is 2.19. The Bertz CT molecular complexity index is 151. The van der Waals surface area contributed by atoms with Gasteiger partial charge in [0, 0.05) is 0 Å². The van der Waals surface area contributed by atoms with Crippen LogP contribution in [0.5, 0.6) is 0 Å². The maximum absolute atomic E-state index is 10.3. The number of methoxy groups -OCH3 is 1. The first kappa shape index (κ1) is 10.0. The summed E-state index contributed by atoms with van der Waals surface area (Å²) in [5.41, 5.74) is 0. The van der Waals surface area contributed by atoms with E-state index in [0.717, 1.165) is 6.21 Å². The normalized spacial score (nSPS) is 12.0. The summed E-state index contributed by atoms with van der Waals surface area (Å²) in [5.74, 6) is 0. The summed E-state index contributed by atoms with van der Waals surface area (Å²) in [6.07, 6.45) is 0.0649. The van der Waals surface area contributed by atoms with E-state index >= 15 is 0 Å². The van der Waals surface area contributed by atoms with Crippen LogP contribution in [0.1, 0.15) is 0 Å². The van der Waals surface area contributed by atoms with Gasteiger partial charge in [-0.3, -0.25) is 0 Å². The molecule has 0 aliphatic carbocycles. The quantitative estimate of drug-likeness (QED) is 0.448. The Labute approximate surface area is 72.9 Å². The molecular formula is C4H4Cl3NO2. The van der Waals surface area contributed by atoms with E-state index in [2.05, 4.69) is 9.73 Å². The van der Waals surface area contributed by atoms with E-state index in [9.17, 15) is 4.79 Å². The highest BCUT2D eigenvalue weighted by atomic mass is 35.6. The topological polar surface area (TPSA) is 38.7 Å². The van der Waals surface area contributed by atoms with Gasteiger partial charge in [-0.05, 0) is 0 Å². The number of halogens is 3. The Morgan fingerprint density at radius 3 is 2.40 bits per heavy atom. The molecule has 10 heavy (non-hydrogen) atoms. The number of carbonyl (C=O) groups excluding carboxylic acids is 1. The highest BCUT2D eigenvalue weighted by molar-refractivity contribution is 6.74. The molecule has 0 radical (unpaired) electrons. The maximum atomic E-state index is 10.3. The van der Waals surface area contributed by atoms with Crippen molar-refractivity contribution in [2.45, 2.75) is 3.79 Å². The molecule has 0 aliphatic rings. The largest absolute Gasteiger partial charge is 0.451 e. The molecule has 0 N–H and O–H groups in total. The Morgan fingerprint density at radius 1 is 1.60 bits per heavy atom. The Balaban J connectivity index is 3.88. The molecule has 1 amide bonds. The molecule has 0 heterocycles. The lowest BCUT2D eigenvalue weighted by Crippen LogP contribution is -2.05. The number of ether oxygens (including phenoxy) is 1. The molecule has 0 saturated carbocycles. The fourth-order valence-electron chi connectivity index (χ4n) is 0.179. The Hall–Kier alpha value is 0.01000. The van der Waals surface area contributed by atoms with E-state index in [0.29, 0.717) is 0 Å². The van der Waals surface area contributed by atoms with E-state index in [4.69, 9.17) is 34.8 Å². The van der Waals surface area contributed by atoms with E-state index < -0.39 is 9.89 Å². The van der Waals surface area contributed by atoms with Crippen molar-refractivity contribution in [1.29, 1.82) is 0 Å². The van der Waals surface area contributed by atoms with Crippen molar-refractivity contribution >= 4 is 47.1 Å². The van der Waals surface area contributed by atoms with Crippen LogP contribution >= 0.6 is 34.8 Å². The molecule has 0 bridgehead atoms. The molecule has 58 valence electrons. The first-order chi connectivity index (χ1) is 4.45. The minimum Gasteiger partial charge on any atom is -0.451 e. The van der Waals surface area contributed by atoms with Gasteiger partial charge in [-0.15, -0.1) is 0 Å². The number of hydrogen-bond acceptors (Lipinski definition) is 2. The third kappa shape index (κ3) is 6.13. The minimum atomic E-state index is -1.64. The van der Waals surface area contributed by atoms with Gasteiger partial charge in [0.1, 0.15) is 0 Å². The molecule has 0 atom stereocenters. The molecular weight excluding hydrogens is 200 g/mol. The van der Waals surface area contributed by atoms with Gasteiger partial charge in [0.2, 0.25) is 3.79 Å². The average Bonchev–Trinajstić information content (AvgIpc) is 1.81. The van der Waals surface area contributed by atoms with Gasteiger partial charge in [0.05, 0.1) is 13.3 Å². The number of carbonyl (C=O) groups is 1. The van der Waals surface area contributed by atoms with Gasteiger partial charge in [0.25, 0.3) is 0 Å². The summed E-state index contributed by atoms with van der Waals surface area (Å²) in [7, 11) is 1.18. The number of amides is 1. The molecule has 0 fully saturated rings. The van der Waals surface area contributed by atoms with Crippen LogP contribution in [-0.4, -0.2) is 23.2 Å². The fourth-order valence-corrected chi connectivity index (χ4v) is 0.325. The summed E-state index contributed by atoms with van der Waals surface area (Å²) < 4.78 is 2.49. The second kappa shape index (κ2) is 4.01. The zero-order valence-corrected chi connectivity index (χ0v) is 7.24. The number of aliphatic imine (C=N–C) groups is 1. The first-order valence-corrected chi connectivity index (χ1v) is 3.29. The van der Waals surface area contributed by atoms with Crippen molar-refractivity contribution in [3.63, 3.8) is 0 Å². The molecule has 0 aromatic carbocycles. The van der Waals surface area contributed by atoms with Crippen molar-refractivity contribution in [3.05, 3.63) is 0 Å². The van der Waals surface area contributed by atoms with Crippen molar-refractivity contribution in [2.75, 3.05) is 7.11 Å². The molecule has 0 rings (SSSR count). The molecule has 0 saturated heterocycles. The highest BCUT2D eigenvalue weighted by Gasteiger charge is 2.16. The van der Waals surface area contributed by atoms with Crippen LogP contribution < -0.4 is 0 Å². The number of nitrogens with zero attached hydrogens (tertiary/aromatic N) is 1.